The van der Waals surface area contributed by atoms with Gasteiger partial charge in [0.1, 0.15) is 11.6 Å². The van der Waals surface area contributed by atoms with Gasteiger partial charge in [0.2, 0.25) is 0 Å². The molecule has 0 aliphatic rings. The summed E-state index contributed by atoms with van der Waals surface area (Å²) in [6.07, 6.45) is 6.62. The molecule has 0 aliphatic heterocycles. The molecule has 0 radical (unpaired) electrons. The van der Waals surface area contributed by atoms with E-state index in [2.05, 4.69) is 28.6 Å². The van der Waals surface area contributed by atoms with E-state index in [0.29, 0.717) is 18.9 Å². The predicted octanol–water partition coefficient (Wildman–Crippen LogP) is 5.19. The summed E-state index contributed by atoms with van der Waals surface area (Å²) in [4.78, 5) is 16.9. The molecule has 0 saturated heterocycles. The number of carbonyl (C=O) groups excluding carboxylic acids is 1. The molecule has 0 saturated carbocycles. The Hall–Kier alpha value is -3.80. The molecule has 2 aromatic heterocycles. The SMILES string of the molecule is C=CCc1ccccc1OCCCn1c(CCCNC(=O)c2ccco2)nc2ccccc21. The van der Waals surface area contributed by atoms with Crippen LogP contribution in [0.3, 0.4) is 0 Å². The van der Waals surface area contributed by atoms with Crippen LogP contribution in [0.2, 0.25) is 0 Å². The Morgan fingerprint density at radius 1 is 1.09 bits per heavy atom. The monoisotopic (exact) mass is 443 g/mol. The molecule has 2 heterocycles. The van der Waals surface area contributed by atoms with Gasteiger partial charge >= 0.3 is 0 Å². The molecular weight excluding hydrogens is 414 g/mol. The maximum atomic E-state index is 12.0. The van der Waals surface area contributed by atoms with Crippen molar-refractivity contribution in [3.05, 3.63) is 96.7 Å². The lowest BCUT2D eigenvalue weighted by atomic mass is 10.1. The van der Waals surface area contributed by atoms with Crippen molar-refractivity contribution in [2.75, 3.05) is 13.2 Å². The van der Waals surface area contributed by atoms with Crippen LogP contribution in [0.5, 0.6) is 5.75 Å². The van der Waals surface area contributed by atoms with Crippen molar-refractivity contribution < 1.29 is 13.9 Å². The molecule has 0 fully saturated rings. The second-order valence-corrected chi connectivity index (χ2v) is 7.81. The second-order valence-electron chi connectivity index (χ2n) is 7.81. The Bertz CT molecular complexity index is 1190. The summed E-state index contributed by atoms with van der Waals surface area (Å²) >= 11 is 0. The number of nitrogens with one attached hydrogen (secondary N) is 1. The third-order valence-electron chi connectivity index (χ3n) is 5.46. The molecule has 1 amide bonds. The van der Waals surface area contributed by atoms with E-state index < -0.39 is 0 Å². The highest BCUT2D eigenvalue weighted by atomic mass is 16.5. The van der Waals surface area contributed by atoms with Crippen LogP contribution in [0, 0.1) is 0 Å². The number of fused-ring (bicyclic) bond motifs is 1. The van der Waals surface area contributed by atoms with Gasteiger partial charge in [0, 0.05) is 19.5 Å². The Morgan fingerprint density at radius 3 is 2.79 bits per heavy atom. The van der Waals surface area contributed by atoms with Crippen LogP contribution in [-0.4, -0.2) is 28.6 Å². The minimum Gasteiger partial charge on any atom is -0.493 e. The normalized spacial score (nSPS) is 10.9. The average molecular weight is 444 g/mol. The van der Waals surface area contributed by atoms with Crippen LogP contribution >= 0.6 is 0 Å². The zero-order valence-corrected chi connectivity index (χ0v) is 18.7. The highest BCUT2D eigenvalue weighted by Gasteiger charge is 2.12. The fourth-order valence-electron chi connectivity index (χ4n) is 3.88. The van der Waals surface area contributed by atoms with Gasteiger partial charge in [0.25, 0.3) is 5.91 Å². The van der Waals surface area contributed by atoms with Crippen LogP contribution in [-0.2, 0) is 19.4 Å². The van der Waals surface area contributed by atoms with E-state index in [4.69, 9.17) is 14.1 Å². The molecule has 0 atom stereocenters. The van der Waals surface area contributed by atoms with E-state index in [0.717, 1.165) is 60.4 Å². The molecule has 0 unspecified atom stereocenters. The number of nitrogens with zero attached hydrogens (tertiary/aromatic N) is 2. The summed E-state index contributed by atoms with van der Waals surface area (Å²) in [6.45, 7) is 5.83. The van der Waals surface area contributed by atoms with Gasteiger partial charge in [-0.05, 0) is 55.2 Å². The lowest BCUT2D eigenvalue weighted by Crippen LogP contribution is -2.24. The molecule has 0 spiro atoms. The van der Waals surface area contributed by atoms with E-state index in [-0.39, 0.29) is 5.91 Å². The van der Waals surface area contributed by atoms with Crippen molar-refractivity contribution >= 4 is 16.9 Å². The van der Waals surface area contributed by atoms with Gasteiger partial charge < -0.3 is 19.0 Å². The lowest BCUT2D eigenvalue weighted by Gasteiger charge is -2.12. The molecule has 2 aromatic carbocycles. The molecule has 4 rings (SSSR count). The molecular formula is C27H29N3O3. The Morgan fingerprint density at radius 2 is 1.94 bits per heavy atom. The zero-order chi connectivity index (χ0) is 22.9. The van der Waals surface area contributed by atoms with Crippen LogP contribution in [0.15, 0.2) is 84.0 Å². The van der Waals surface area contributed by atoms with E-state index in [1.54, 1.807) is 12.1 Å². The number of carbonyl (C=O) groups is 1. The number of imidazole rings is 1. The van der Waals surface area contributed by atoms with Gasteiger partial charge in [-0.25, -0.2) is 4.98 Å². The standard InChI is InChI=1S/C27H29N3O3/c1-2-10-21-11-3-6-14-24(21)32-20-9-18-30-23-13-5-4-12-22(23)29-26(30)16-7-17-28-27(31)25-15-8-19-33-25/h2-6,8,11-15,19H,1,7,9-10,16-18,20H2,(H,28,31). The van der Waals surface area contributed by atoms with Crippen LogP contribution < -0.4 is 10.1 Å². The Labute approximate surface area is 193 Å². The molecule has 4 aromatic rings. The van der Waals surface area contributed by atoms with Gasteiger partial charge in [0.05, 0.1) is 23.9 Å². The average Bonchev–Trinajstić information content (AvgIpc) is 3.49. The molecule has 1 N–H and O–H groups in total. The number of hydrogen-bond donors (Lipinski definition) is 1. The third kappa shape index (κ3) is 5.71. The number of allylic oxidation sites excluding steroid dienone is 1. The van der Waals surface area contributed by atoms with E-state index >= 15 is 0 Å². The molecule has 0 aliphatic carbocycles. The van der Waals surface area contributed by atoms with Crippen LogP contribution in [0.25, 0.3) is 11.0 Å². The van der Waals surface area contributed by atoms with Gasteiger partial charge in [-0.2, -0.15) is 0 Å². The molecule has 6 heteroatoms. The van der Waals surface area contributed by atoms with Crippen molar-refractivity contribution in [2.45, 2.75) is 32.2 Å². The zero-order valence-electron chi connectivity index (χ0n) is 18.7. The molecule has 33 heavy (non-hydrogen) atoms. The fraction of sp³-hybridized carbons (Fsp3) is 0.259. The van der Waals surface area contributed by atoms with E-state index in [1.807, 2.05) is 42.5 Å². The minimum absolute atomic E-state index is 0.192. The summed E-state index contributed by atoms with van der Waals surface area (Å²) in [6, 6.07) is 19.6. The fourth-order valence-corrected chi connectivity index (χ4v) is 3.88. The van der Waals surface area contributed by atoms with Crippen molar-refractivity contribution in [1.82, 2.24) is 14.9 Å². The smallest absolute Gasteiger partial charge is 0.286 e. The van der Waals surface area contributed by atoms with Gasteiger partial charge in [0.15, 0.2) is 5.76 Å². The predicted molar refractivity (Wildman–Crippen MR) is 130 cm³/mol. The highest BCUT2D eigenvalue weighted by Crippen LogP contribution is 2.20. The third-order valence-corrected chi connectivity index (χ3v) is 5.46. The van der Waals surface area contributed by atoms with Gasteiger partial charge in [-0.3, -0.25) is 4.79 Å². The maximum Gasteiger partial charge on any atom is 0.286 e. The van der Waals surface area contributed by atoms with Crippen LogP contribution in [0.1, 0.15) is 34.8 Å². The number of hydrogen-bond acceptors (Lipinski definition) is 4. The van der Waals surface area contributed by atoms with Crippen molar-refractivity contribution in [2.24, 2.45) is 0 Å². The van der Waals surface area contributed by atoms with Crippen molar-refractivity contribution in [3.8, 4) is 5.75 Å². The topological polar surface area (TPSA) is 69.3 Å². The van der Waals surface area contributed by atoms with Crippen molar-refractivity contribution in [3.63, 3.8) is 0 Å². The molecule has 0 bridgehead atoms. The molecule has 170 valence electrons. The number of amides is 1. The summed E-state index contributed by atoms with van der Waals surface area (Å²) in [5.41, 5.74) is 3.27. The summed E-state index contributed by atoms with van der Waals surface area (Å²) in [5.74, 6) is 2.08. The number of aromatic nitrogens is 2. The number of aryl methyl sites for hydroxylation is 2. The van der Waals surface area contributed by atoms with Gasteiger partial charge in [-0.1, -0.05) is 36.4 Å². The highest BCUT2D eigenvalue weighted by molar-refractivity contribution is 5.91. The second kappa shape index (κ2) is 11.2. The first kappa shape index (κ1) is 22.4. The number of furan rings is 1. The maximum absolute atomic E-state index is 12.0. The number of para-hydroxylation sites is 3. The summed E-state index contributed by atoms with van der Waals surface area (Å²) < 4.78 is 13.5. The Balaban J connectivity index is 1.34. The first-order valence-electron chi connectivity index (χ1n) is 11.3. The first-order valence-corrected chi connectivity index (χ1v) is 11.3. The van der Waals surface area contributed by atoms with E-state index in [9.17, 15) is 4.79 Å². The number of ether oxygens (including phenoxy) is 1. The van der Waals surface area contributed by atoms with Crippen LogP contribution in [0.4, 0.5) is 0 Å². The lowest BCUT2D eigenvalue weighted by molar-refractivity contribution is 0.0925. The quantitative estimate of drug-likeness (QED) is 0.242. The largest absolute Gasteiger partial charge is 0.493 e. The summed E-state index contributed by atoms with van der Waals surface area (Å²) in [7, 11) is 0. The minimum atomic E-state index is -0.192. The van der Waals surface area contributed by atoms with Gasteiger partial charge in [-0.15, -0.1) is 6.58 Å². The Kier molecular flexibility index (Phi) is 7.59. The van der Waals surface area contributed by atoms with Crippen molar-refractivity contribution in [1.29, 1.82) is 0 Å². The van der Waals surface area contributed by atoms with E-state index in [1.165, 1.54) is 6.26 Å². The number of benzene rings is 2. The summed E-state index contributed by atoms with van der Waals surface area (Å²) in [5, 5.41) is 2.90. The first-order chi connectivity index (χ1) is 16.3. The number of rotatable bonds is 12. The molecule has 6 nitrogen and oxygen atoms in total.